The van der Waals surface area contributed by atoms with E-state index in [2.05, 4.69) is 32.9 Å². The number of nitrogen functional groups attached to an aromatic ring is 1. The smallest absolute Gasteiger partial charge is 0.142 e. The monoisotopic (exact) mass is 285 g/mol. The normalized spacial score (nSPS) is 10.4. The Hall–Kier alpha value is -2.16. The highest BCUT2D eigenvalue weighted by molar-refractivity contribution is 5.51. The lowest BCUT2D eigenvalue weighted by atomic mass is 10.1. The molecular weight excluding hydrogens is 262 g/mol. The van der Waals surface area contributed by atoms with Gasteiger partial charge in [0.15, 0.2) is 0 Å². The van der Waals surface area contributed by atoms with E-state index in [0.29, 0.717) is 18.9 Å². The van der Waals surface area contributed by atoms with E-state index in [1.807, 2.05) is 24.3 Å². The molecule has 0 unspecified atom stereocenters. The topological polar surface area (TPSA) is 44.5 Å². The van der Waals surface area contributed by atoms with Crippen molar-refractivity contribution in [3.63, 3.8) is 0 Å². The van der Waals surface area contributed by atoms with E-state index in [4.69, 9.17) is 15.2 Å². The van der Waals surface area contributed by atoms with Gasteiger partial charge in [0, 0.05) is 6.42 Å². The fourth-order valence-electron chi connectivity index (χ4n) is 2.19. The van der Waals surface area contributed by atoms with Crippen molar-refractivity contribution in [2.75, 3.05) is 18.9 Å². The summed E-state index contributed by atoms with van der Waals surface area (Å²) < 4.78 is 11.5. The maximum absolute atomic E-state index is 5.86. The van der Waals surface area contributed by atoms with Crippen LogP contribution in [0.4, 0.5) is 5.69 Å². The molecule has 0 aliphatic heterocycles. The van der Waals surface area contributed by atoms with Gasteiger partial charge in [-0.2, -0.15) is 0 Å². The first-order valence-electron chi connectivity index (χ1n) is 7.26. The first-order chi connectivity index (χ1) is 10.1. The maximum Gasteiger partial charge on any atom is 0.142 e. The van der Waals surface area contributed by atoms with Crippen LogP contribution in [0.15, 0.2) is 36.4 Å². The molecule has 3 nitrogen and oxygen atoms in total. The fraction of sp³-hybridized carbons (Fsp3) is 0.333. The standard InChI is InChI=1S/C18H23NO2/c1-13-11-14(2)15(3)18(12-13)21-10-6-9-20-17-8-5-4-7-16(17)19/h4-5,7-8,11-12H,6,9-10,19H2,1-3H3. The summed E-state index contributed by atoms with van der Waals surface area (Å²) in [6, 6.07) is 11.8. The summed E-state index contributed by atoms with van der Waals surface area (Å²) in [4.78, 5) is 0. The van der Waals surface area contributed by atoms with Crippen molar-refractivity contribution in [2.45, 2.75) is 27.2 Å². The van der Waals surface area contributed by atoms with Crippen LogP contribution < -0.4 is 15.2 Å². The third kappa shape index (κ3) is 4.15. The second-order valence-electron chi connectivity index (χ2n) is 5.29. The minimum Gasteiger partial charge on any atom is -0.493 e. The molecule has 0 aliphatic carbocycles. The second-order valence-corrected chi connectivity index (χ2v) is 5.29. The fourth-order valence-corrected chi connectivity index (χ4v) is 2.19. The summed E-state index contributed by atoms with van der Waals surface area (Å²) in [7, 11) is 0. The first kappa shape index (κ1) is 15.2. The van der Waals surface area contributed by atoms with Gasteiger partial charge in [-0.05, 0) is 55.7 Å². The van der Waals surface area contributed by atoms with Crippen molar-refractivity contribution in [2.24, 2.45) is 0 Å². The lowest BCUT2D eigenvalue weighted by molar-refractivity contribution is 0.247. The number of benzene rings is 2. The summed E-state index contributed by atoms with van der Waals surface area (Å²) in [5, 5.41) is 0. The SMILES string of the molecule is Cc1cc(C)c(C)c(OCCCOc2ccccc2N)c1. The van der Waals surface area contributed by atoms with E-state index in [1.54, 1.807) is 0 Å². The number of anilines is 1. The van der Waals surface area contributed by atoms with E-state index in [-0.39, 0.29) is 0 Å². The molecule has 0 aliphatic rings. The van der Waals surface area contributed by atoms with Crippen LogP contribution >= 0.6 is 0 Å². The molecule has 21 heavy (non-hydrogen) atoms. The molecule has 0 aromatic heterocycles. The Morgan fingerprint density at radius 1 is 0.905 bits per heavy atom. The number of hydrogen-bond donors (Lipinski definition) is 1. The molecule has 0 fully saturated rings. The zero-order valence-electron chi connectivity index (χ0n) is 13.0. The van der Waals surface area contributed by atoms with E-state index < -0.39 is 0 Å². The number of aryl methyl sites for hydroxylation is 2. The number of nitrogens with two attached hydrogens (primary N) is 1. The summed E-state index contributed by atoms with van der Waals surface area (Å²) in [5.41, 5.74) is 10.2. The molecule has 0 saturated heterocycles. The van der Waals surface area contributed by atoms with Crippen molar-refractivity contribution in [1.29, 1.82) is 0 Å². The van der Waals surface area contributed by atoms with Crippen LogP contribution in [0.1, 0.15) is 23.1 Å². The molecule has 0 heterocycles. The molecule has 2 aromatic rings. The molecule has 2 rings (SSSR count). The van der Waals surface area contributed by atoms with Gasteiger partial charge in [0.1, 0.15) is 11.5 Å². The van der Waals surface area contributed by atoms with Crippen molar-refractivity contribution in [3.05, 3.63) is 53.1 Å². The van der Waals surface area contributed by atoms with E-state index in [9.17, 15) is 0 Å². The zero-order valence-corrected chi connectivity index (χ0v) is 13.0. The Kier molecular flexibility index (Phi) is 5.09. The quantitative estimate of drug-likeness (QED) is 0.643. The number of ether oxygens (including phenoxy) is 2. The Balaban J connectivity index is 1.79. The highest BCUT2D eigenvalue weighted by Crippen LogP contribution is 2.23. The van der Waals surface area contributed by atoms with Crippen LogP contribution in [0.5, 0.6) is 11.5 Å². The van der Waals surface area contributed by atoms with Crippen molar-refractivity contribution in [1.82, 2.24) is 0 Å². The van der Waals surface area contributed by atoms with E-state index in [0.717, 1.165) is 17.9 Å². The van der Waals surface area contributed by atoms with Crippen molar-refractivity contribution >= 4 is 5.69 Å². The van der Waals surface area contributed by atoms with Crippen LogP contribution in [0, 0.1) is 20.8 Å². The van der Waals surface area contributed by atoms with Crippen LogP contribution in [-0.2, 0) is 0 Å². The number of hydrogen-bond acceptors (Lipinski definition) is 3. The second kappa shape index (κ2) is 7.02. The molecule has 0 atom stereocenters. The lowest BCUT2D eigenvalue weighted by Crippen LogP contribution is -2.07. The van der Waals surface area contributed by atoms with Gasteiger partial charge in [0.25, 0.3) is 0 Å². The van der Waals surface area contributed by atoms with Crippen LogP contribution in [0.3, 0.4) is 0 Å². The third-order valence-electron chi connectivity index (χ3n) is 3.49. The molecule has 3 heteroatoms. The van der Waals surface area contributed by atoms with Gasteiger partial charge in [-0.1, -0.05) is 18.2 Å². The lowest BCUT2D eigenvalue weighted by Gasteiger charge is -2.13. The minimum absolute atomic E-state index is 0.595. The summed E-state index contributed by atoms with van der Waals surface area (Å²) >= 11 is 0. The van der Waals surface area contributed by atoms with Crippen LogP contribution in [0.2, 0.25) is 0 Å². The number of para-hydroxylation sites is 2. The molecule has 112 valence electrons. The van der Waals surface area contributed by atoms with Gasteiger partial charge in [-0.15, -0.1) is 0 Å². The molecule has 2 N–H and O–H groups in total. The largest absolute Gasteiger partial charge is 0.493 e. The van der Waals surface area contributed by atoms with E-state index in [1.165, 1.54) is 16.7 Å². The Bertz CT molecular complexity index is 608. The minimum atomic E-state index is 0.595. The predicted octanol–water partition coefficient (Wildman–Crippen LogP) is 4.04. The van der Waals surface area contributed by atoms with Crippen LogP contribution in [0.25, 0.3) is 0 Å². The maximum atomic E-state index is 5.86. The summed E-state index contributed by atoms with van der Waals surface area (Å²) in [5.74, 6) is 1.70. The molecule has 0 amide bonds. The summed E-state index contributed by atoms with van der Waals surface area (Å²) in [6.45, 7) is 7.51. The third-order valence-corrected chi connectivity index (χ3v) is 3.49. The van der Waals surface area contributed by atoms with Gasteiger partial charge < -0.3 is 15.2 Å². The molecule has 0 spiro atoms. The predicted molar refractivity (Wildman–Crippen MR) is 87.1 cm³/mol. The van der Waals surface area contributed by atoms with Gasteiger partial charge in [-0.25, -0.2) is 0 Å². The molecular formula is C18H23NO2. The Morgan fingerprint density at radius 2 is 1.57 bits per heavy atom. The zero-order chi connectivity index (χ0) is 15.2. The Labute approximate surface area is 126 Å². The highest BCUT2D eigenvalue weighted by atomic mass is 16.5. The molecule has 0 saturated carbocycles. The molecule has 2 aromatic carbocycles. The van der Waals surface area contributed by atoms with Gasteiger partial charge in [0.05, 0.1) is 18.9 Å². The van der Waals surface area contributed by atoms with Gasteiger partial charge in [0.2, 0.25) is 0 Å². The summed E-state index contributed by atoms with van der Waals surface area (Å²) in [6.07, 6.45) is 0.820. The molecule has 0 radical (unpaired) electrons. The van der Waals surface area contributed by atoms with Crippen molar-refractivity contribution in [3.8, 4) is 11.5 Å². The van der Waals surface area contributed by atoms with Gasteiger partial charge in [-0.3, -0.25) is 0 Å². The van der Waals surface area contributed by atoms with E-state index >= 15 is 0 Å². The highest BCUT2D eigenvalue weighted by Gasteiger charge is 2.04. The molecule has 0 bridgehead atoms. The average molecular weight is 285 g/mol. The first-order valence-corrected chi connectivity index (χ1v) is 7.26. The Morgan fingerprint density at radius 3 is 2.29 bits per heavy atom. The average Bonchev–Trinajstić information content (AvgIpc) is 2.45. The van der Waals surface area contributed by atoms with Crippen molar-refractivity contribution < 1.29 is 9.47 Å². The van der Waals surface area contributed by atoms with Gasteiger partial charge >= 0.3 is 0 Å². The van der Waals surface area contributed by atoms with Crippen LogP contribution in [-0.4, -0.2) is 13.2 Å². The number of rotatable bonds is 6.